The van der Waals surface area contributed by atoms with E-state index in [0.717, 1.165) is 38.6 Å². The van der Waals surface area contributed by atoms with Crippen molar-refractivity contribution in [2.24, 2.45) is 0 Å². The average molecular weight is 426 g/mol. The number of ether oxygens (including phenoxy) is 1. The van der Waals surface area contributed by atoms with Crippen LogP contribution in [0.5, 0.6) is 0 Å². The molecule has 29 heavy (non-hydrogen) atoms. The number of fused-ring (bicyclic) bond motifs is 1. The summed E-state index contributed by atoms with van der Waals surface area (Å²) in [6.07, 6.45) is 2.12. The van der Waals surface area contributed by atoms with E-state index in [4.69, 9.17) is 17.0 Å². The molecule has 0 unspecified atom stereocenters. The average Bonchev–Trinajstić information content (AvgIpc) is 3.10. The lowest BCUT2D eigenvalue weighted by molar-refractivity contribution is -0.137. The number of thiazole rings is 1. The van der Waals surface area contributed by atoms with Gasteiger partial charge >= 0.3 is 5.97 Å². The second kappa shape index (κ2) is 9.40. The Balaban J connectivity index is 1.60. The highest BCUT2D eigenvalue weighted by atomic mass is 32.1. The number of anilines is 1. The molecule has 2 aromatic carbocycles. The number of carbonyl (C=O) groups is 2. The minimum atomic E-state index is -0.581. The molecule has 0 bridgehead atoms. The van der Waals surface area contributed by atoms with Gasteiger partial charge in [-0.15, -0.1) is 11.3 Å². The van der Waals surface area contributed by atoms with Crippen molar-refractivity contribution in [1.29, 1.82) is 0 Å². The monoisotopic (exact) mass is 425 g/mol. The van der Waals surface area contributed by atoms with E-state index in [2.05, 4.69) is 34.7 Å². The Labute approximate surface area is 177 Å². The highest BCUT2D eigenvalue weighted by molar-refractivity contribution is 7.80. The van der Waals surface area contributed by atoms with Crippen molar-refractivity contribution in [3.8, 4) is 10.6 Å². The molecule has 0 fully saturated rings. The van der Waals surface area contributed by atoms with Crippen LogP contribution in [0.15, 0.2) is 54.6 Å². The third-order valence-corrected chi connectivity index (χ3v) is 5.10. The molecule has 0 aliphatic rings. The fraction of sp³-hybridized carbons (Fsp3) is 0.143. The number of carbonyl (C=O) groups excluding carboxylic acids is 2. The second-order valence-corrected chi connectivity index (χ2v) is 7.54. The van der Waals surface area contributed by atoms with Crippen molar-refractivity contribution >= 4 is 56.4 Å². The summed E-state index contributed by atoms with van der Waals surface area (Å²) < 4.78 is 5.86. The summed E-state index contributed by atoms with van der Waals surface area (Å²) in [5.41, 5.74) is 3.92. The summed E-state index contributed by atoms with van der Waals surface area (Å²) >= 11 is 6.77. The smallest absolute Gasteiger partial charge is 0.330 e. The molecule has 1 heterocycles. The zero-order valence-electron chi connectivity index (χ0n) is 15.9. The summed E-state index contributed by atoms with van der Waals surface area (Å²) in [5, 5.41) is 6.48. The molecule has 3 rings (SSSR count). The van der Waals surface area contributed by atoms with E-state index in [0.29, 0.717) is 0 Å². The summed E-state index contributed by atoms with van der Waals surface area (Å²) in [6, 6.07) is 13.8. The summed E-state index contributed by atoms with van der Waals surface area (Å²) in [6.45, 7) is 4.00. The molecule has 0 atom stereocenters. The molecule has 0 radical (unpaired) electrons. The van der Waals surface area contributed by atoms with Gasteiger partial charge in [0.15, 0.2) is 5.11 Å². The van der Waals surface area contributed by atoms with Crippen molar-refractivity contribution < 1.29 is 14.3 Å². The van der Waals surface area contributed by atoms with Gasteiger partial charge in [-0.05, 0) is 68.0 Å². The molecule has 2 N–H and O–H groups in total. The predicted octanol–water partition coefficient (Wildman–Crippen LogP) is 4.20. The number of rotatable bonds is 5. The van der Waals surface area contributed by atoms with Crippen LogP contribution in [0.4, 0.5) is 5.69 Å². The van der Waals surface area contributed by atoms with Gasteiger partial charge in [-0.25, -0.2) is 9.78 Å². The van der Waals surface area contributed by atoms with Crippen molar-refractivity contribution in [2.75, 3.05) is 11.9 Å². The summed E-state index contributed by atoms with van der Waals surface area (Å²) in [4.78, 5) is 27.6. The molecule has 0 spiro atoms. The molecule has 0 aliphatic carbocycles. The quantitative estimate of drug-likeness (QED) is 0.362. The first-order chi connectivity index (χ1) is 13.9. The zero-order chi connectivity index (χ0) is 20.8. The molecule has 0 aliphatic heterocycles. The normalized spacial score (nSPS) is 10.8. The molecular formula is C21H19N3O3S2. The fourth-order valence-electron chi connectivity index (χ4n) is 2.50. The molecule has 3 aromatic rings. The van der Waals surface area contributed by atoms with Crippen LogP contribution in [0.1, 0.15) is 12.5 Å². The lowest BCUT2D eigenvalue weighted by atomic mass is 10.2. The third-order valence-electron chi connectivity index (χ3n) is 3.83. The van der Waals surface area contributed by atoms with Crippen LogP contribution in [0.25, 0.3) is 20.8 Å². The topological polar surface area (TPSA) is 80.3 Å². The number of nitrogens with one attached hydrogen (secondary N) is 2. The van der Waals surface area contributed by atoms with E-state index in [9.17, 15) is 9.59 Å². The number of benzene rings is 2. The van der Waals surface area contributed by atoms with E-state index >= 15 is 0 Å². The van der Waals surface area contributed by atoms with Crippen LogP contribution < -0.4 is 10.6 Å². The SMILES string of the molecule is CCOC(=O)C=CC(=O)NC(=S)Nc1ccc(-c2nc3ccc(C)cc3s2)cc1. The molecule has 8 heteroatoms. The van der Waals surface area contributed by atoms with Gasteiger partial charge in [0.25, 0.3) is 0 Å². The van der Waals surface area contributed by atoms with E-state index in [1.807, 2.05) is 30.3 Å². The van der Waals surface area contributed by atoms with Crippen LogP contribution in [0, 0.1) is 6.92 Å². The van der Waals surface area contributed by atoms with Crippen molar-refractivity contribution in [2.45, 2.75) is 13.8 Å². The van der Waals surface area contributed by atoms with Crippen LogP contribution in [0.2, 0.25) is 0 Å². The van der Waals surface area contributed by atoms with Gasteiger partial charge < -0.3 is 10.1 Å². The first-order valence-corrected chi connectivity index (χ1v) is 10.1. The summed E-state index contributed by atoms with van der Waals surface area (Å²) in [5.74, 6) is -1.10. The molecule has 1 aromatic heterocycles. The van der Waals surface area contributed by atoms with Crippen LogP contribution in [0.3, 0.4) is 0 Å². The Kier molecular flexibility index (Phi) is 6.69. The lowest BCUT2D eigenvalue weighted by Gasteiger charge is -2.08. The number of thiocarbonyl (C=S) groups is 1. The number of amides is 1. The number of aromatic nitrogens is 1. The zero-order valence-corrected chi connectivity index (χ0v) is 17.5. The van der Waals surface area contributed by atoms with Crippen LogP contribution in [-0.4, -0.2) is 28.6 Å². The number of hydrogen-bond donors (Lipinski definition) is 2. The maximum Gasteiger partial charge on any atom is 0.330 e. The van der Waals surface area contributed by atoms with Gasteiger partial charge in [-0.3, -0.25) is 10.1 Å². The Morgan fingerprint density at radius 2 is 1.93 bits per heavy atom. The second-order valence-electron chi connectivity index (χ2n) is 6.10. The van der Waals surface area contributed by atoms with Crippen molar-refractivity contribution in [1.82, 2.24) is 10.3 Å². The van der Waals surface area contributed by atoms with E-state index in [-0.39, 0.29) is 11.7 Å². The Morgan fingerprint density at radius 3 is 2.66 bits per heavy atom. The maximum absolute atomic E-state index is 11.8. The van der Waals surface area contributed by atoms with Gasteiger partial charge in [0.05, 0.1) is 16.8 Å². The van der Waals surface area contributed by atoms with Crippen molar-refractivity contribution in [3.05, 3.63) is 60.2 Å². The molecule has 6 nitrogen and oxygen atoms in total. The molecule has 148 valence electrons. The fourth-order valence-corrected chi connectivity index (χ4v) is 3.79. The Bertz CT molecular complexity index is 1090. The van der Waals surface area contributed by atoms with Gasteiger partial charge in [-0.2, -0.15) is 0 Å². The predicted molar refractivity (Wildman–Crippen MR) is 120 cm³/mol. The summed E-state index contributed by atoms with van der Waals surface area (Å²) in [7, 11) is 0. The van der Waals surface area contributed by atoms with E-state index < -0.39 is 11.9 Å². The van der Waals surface area contributed by atoms with E-state index in [1.54, 1.807) is 18.3 Å². The van der Waals surface area contributed by atoms with Gasteiger partial charge in [-0.1, -0.05) is 6.07 Å². The number of nitrogens with zero attached hydrogens (tertiary/aromatic N) is 1. The number of esters is 1. The van der Waals surface area contributed by atoms with Gasteiger partial charge in [0, 0.05) is 23.4 Å². The Hall–Kier alpha value is -3.10. The maximum atomic E-state index is 11.8. The number of aryl methyl sites for hydroxylation is 1. The molecule has 0 saturated heterocycles. The van der Waals surface area contributed by atoms with Crippen LogP contribution in [-0.2, 0) is 14.3 Å². The van der Waals surface area contributed by atoms with Gasteiger partial charge in [0.1, 0.15) is 5.01 Å². The lowest BCUT2D eigenvalue weighted by Crippen LogP contribution is -2.32. The van der Waals surface area contributed by atoms with Gasteiger partial charge in [0.2, 0.25) is 5.91 Å². The minimum Gasteiger partial charge on any atom is -0.463 e. The highest BCUT2D eigenvalue weighted by Crippen LogP contribution is 2.31. The third kappa shape index (κ3) is 5.69. The van der Waals surface area contributed by atoms with Crippen molar-refractivity contribution in [3.63, 3.8) is 0 Å². The minimum absolute atomic E-state index is 0.131. The largest absolute Gasteiger partial charge is 0.463 e. The standard InChI is InChI=1S/C21H19N3O3S2/c1-3-27-19(26)11-10-18(25)24-21(28)22-15-7-5-14(6-8-15)20-23-16-9-4-13(2)12-17(16)29-20/h4-12H,3H2,1-2H3,(H2,22,24,25,28). The van der Waals surface area contributed by atoms with E-state index in [1.165, 1.54) is 5.56 Å². The van der Waals surface area contributed by atoms with Crippen LogP contribution >= 0.6 is 23.6 Å². The first kappa shape index (κ1) is 20.6. The number of hydrogen-bond acceptors (Lipinski definition) is 6. The Morgan fingerprint density at radius 1 is 1.17 bits per heavy atom. The molecule has 1 amide bonds. The highest BCUT2D eigenvalue weighted by Gasteiger charge is 2.07. The first-order valence-electron chi connectivity index (χ1n) is 8.89. The molecular weight excluding hydrogens is 406 g/mol. The molecule has 0 saturated carbocycles.